The Hall–Kier alpha value is -0.850. The first-order valence-electron chi connectivity index (χ1n) is 6.17. The van der Waals surface area contributed by atoms with E-state index in [-0.39, 0.29) is 5.13 Å². The van der Waals surface area contributed by atoms with E-state index >= 15 is 0 Å². The number of nitrogens with one attached hydrogen (secondary N) is 1. The molecule has 0 amide bonds. The van der Waals surface area contributed by atoms with Crippen molar-refractivity contribution in [3.63, 3.8) is 0 Å². The molecule has 2 fully saturated rings. The maximum atomic E-state index is 12.3. The third-order valence-corrected chi connectivity index (χ3v) is 4.99. The molecule has 1 N–H and O–H groups in total. The van der Waals surface area contributed by atoms with E-state index in [1.165, 1.54) is 25.7 Å². The van der Waals surface area contributed by atoms with E-state index in [1.807, 2.05) is 0 Å². The number of hydrogen-bond acceptors (Lipinski definition) is 4. The molecule has 3 atom stereocenters. The molecule has 18 heavy (non-hydrogen) atoms. The second-order valence-electron chi connectivity index (χ2n) is 5.23. The van der Waals surface area contributed by atoms with Crippen LogP contribution in [0.1, 0.15) is 30.7 Å². The molecule has 0 radical (unpaired) electrons. The molecule has 3 unspecified atom stereocenters. The van der Waals surface area contributed by atoms with Crippen LogP contribution in [0.15, 0.2) is 0 Å². The molecule has 0 aliphatic heterocycles. The lowest BCUT2D eigenvalue weighted by Gasteiger charge is -2.21. The van der Waals surface area contributed by atoms with Gasteiger partial charge in [0.15, 0.2) is 0 Å². The largest absolute Gasteiger partial charge is 0.445 e. The highest BCUT2D eigenvalue weighted by molar-refractivity contribution is 7.15. The fourth-order valence-corrected chi connectivity index (χ4v) is 3.87. The monoisotopic (exact) mass is 277 g/mol. The van der Waals surface area contributed by atoms with Crippen molar-refractivity contribution in [2.75, 3.05) is 11.9 Å². The van der Waals surface area contributed by atoms with Gasteiger partial charge in [-0.15, -0.1) is 10.2 Å². The third-order valence-electron chi connectivity index (χ3n) is 4.07. The van der Waals surface area contributed by atoms with Gasteiger partial charge >= 0.3 is 6.18 Å². The van der Waals surface area contributed by atoms with Gasteiger partial charge in [0.25, 0.3) is 0 Å². The summed E-state index contributed by atoms with van der Waals surface area (Å²) in [6.07, 6.45) is 0.738. The SMILES string of the molecule is FC(F)(F)c1nnc(NCC2CC3CCC2C3)s1. The van der Waals surface area contributed by atoms with Crippen LogP contribution in [0.3, 0.4) is 0 Å². The van der Waals surface area contributed by atoms with Gasteiger partial charge in [0.2, 0.25) is 10.1 Å². The number of hydrogen-bond donors (Lipinski definition) is 1. The van der Waals surface area contributed by atoms with Gasteiger partial charge in [0.1, 0.15) is 0 Å². The molecule has 1 heterocycles. The third kappa shape index (κ3) is 2.32. The zero-order valence-electron chi connectivity index (χ0n) is 9.70. The van der Waals surface area contributed by atoms with Crippen LogP contribution < -0.4 is 5.32 Å². The lowest BCUT2D eigenvalue weighted by molar-refractivity contribution is -0.138. The summed E-state index contributed by atoms with van der Waals surface area (Å²) >= 11 is 0.585. The van der Waals surface area contributed by atoms with E-state index in [2.05, 4.69) is 15.5 Å². The molecule has 2 bridgehead atoms. The predicted octanol–water partition coefficient (Wildman–Crippen LogP) is 3.41. The highest BCUT2D eigenvalue weighted by atomic mass is 32.1. The molecule has 0 saturated heterocycles. The Balaban J connectivity index is 1.56. The van der Waals surface area contributed by atoms with Crippen molar-refractivity contribution in [2.45, 2.75) is 31.9 Å². The second-order valence-corrected chi connectivity index (χ2v) is 6.20. The number of halogens is 3. The standard InChI is InChI=1S/C11H14F3N3S/c12-11(13,14)9-16-17-10(18-9)15-5-8-4-6-1-2-7(8)3-6/h6-8H,1-5H2,(H,15,17). The molecule has 7 heteroatoms. The fraction of sp³-hybridized carbons (Fsp3) is 0.818. The minimum atomic E-state index is -4.38. The summed E-state index contributed by atoms with van der Waals surface area (Å²) in [5.74, 6) is 2.21. The second kappa shape index (κ2) is 4.36. The van der Waals surface area contributed by atoms with Crippen LogP contribution in [0.25, 0.3) is 0 Å². The number of anilines is 1. The lowest BCUT2D eigenvalue weighted by atomic mass is 9.89. The lowest BCUT2D eigenvalue weighted by Crippen LogP contribution is -2.19. The van der Waals surface area contributed by atoms with Crippen molar-refractivity contribution in [1.29, 1.82) is 0 Å². The highest BCUT2D eigenvalue weighted by Gasteiger charge is 2.39. The number of rotatable bonds is 3. The molecule has 3 rings (SSSR count). The van der Waals surface area contributed by atoms with Gasteiger partial charge in [0.05, 0.1) is 0 Å². The number of fused-ring (bicyclic) bond motifs is 2. The highest BCUT2D eigenvalue weighted by Crippen LogP contribution is 2.48. The molecule has 0 spiro atoms. The molecule has 0 aromatic carbocycles. The average Bonchev–Trinajstić information content (AvgIpc) is 3.01. The summed E-state index contributed by atoms with van der Waals surface area (Å²) < 4.78 is 37.0. The normalized spacial score (nSPS) is 30.9. The summed E-state index contributed by atoms with van der Waals surface area (Å²) in [5, 5.41) is 9.12. The zero-order valence-corrected chi connectivity index (χ0v) is 10.5. The maximum absolute atomic E-state index is 12.3. The molecule has 1 aromatic rings. The molecule has 1 aromatic heterocycles. The Morgan fingerprint density at radius 1 is 1.22 bits per heavy atom. The van der Waals surface area contributed by atoms with Crippen molar-refractivity contribution < 1.29 is 13.2 Å². The van der Waals surface area contributed by atoms with Crippen LogP contribution in [-0.2, 0) is 6.18 Å². The van der Waals surface area contributed by atoms with Crippen molar-refractivity contribution in [3.05, 3.63) is 5.01 Å². The van der Waals surface area contributed by atoms with E-state index in [0.29, 0.717) is 17.3 Å². The quantitative estimate of drug-likeness (QED) is 0.920. The van der Waals surface area contributed by atoms with Crippen LogP contribution in [0.5, 0.6) is 0 Å². The molecule has 2 aliphatic carbocycles. The van der Waals surface area contributed by atoms with Crippen molar-refractivity contribution in [2.24, 2.45) is 17.8 Å². The van der Waals surface area contributed by atoms with Gasteiger partial charge in [-0.1, -0.05) is 17.8 Å². The summed E-state index contributed by atoms with van der Waals surface area (Å²) in [6, 6.07) is 0. The number of alkyl halides is 3. The summed E-state index contributed by atoms with van der Waals surface area (Å²) in [5.41, 5.74) is 0. The predicted molar refractivity (Wildman–Crippen MR) is 62.3 cm³/mol. The van der Waals surface area contributed by atoms with Gasteiger partial charge in [-0.05, 0) is 37.0 Å². The summed E-state index contributed by atoms with van der Waals surface area (Å²) in [7, 11) is 0. The first kappa shape index (κ1) is 12.2. The Labute approximate surface area is 107 Å². The first-order chi connectivity index (χ1) is 8.52. The molecule has 100 valence electrons. The van der Waals surface area contributed by atoms with Crippen LogP contribution >= 0.6 is 11.3 Å². The van der Waals surface area contributed by atoms with Gasteiger partial charge in [0, 0.05) is 6.54 Å². The number of aromatic nitrogens is 2. The van der Waals surface area contributed by atoms with Crippen LogP contribution in [0.2, 0.25) is 0 Å². The minimum absolute atomic E-state index is 0.282. The Bertz CT molecular complexity index is 431. The van der Waals surface area contributed by atoms with Crippen LogP contribution in [-0.4, -0.2) is 16.7 Å². The van der Waals surface area contributed by atoms with E-state index < -0.39 is 11.2 Å². The molecule has 3 nitrogen and oxygen atoms in total. The van der Waals surface area contributed by atoms with E-state index in [9.17, 15) is 13.2 Å². The molecular weight excluding hydrogens is 263 g/mol. The van der Waals surface area contributed by atoms with Crippen molar-refractivity contribution in [3.8, 4) is 0 Å². The maximum Gasteiger partial charge on any atom is 0.445 e. The van der Waals surface area contributed by atoms with Gasteiger partial charge < -0.3 is 5.32 Å². The zero-order chi connectivity index (χ0) is 12.8. The molecule has 2 saturated carbocycles. The van der Waals surface area contributed by atoms with E-state index in [1.54, 1.807) is 0 Å². The van der Waals surface area contributed by atoms with Gasteiger partial charge in [-0.3, -0.25) is 0 Å². The topological polar surface area (TPSA) is 37.8 Å². The minimum Gasteiger partial charge on any atom is -0.360 e. The Morgan fingerprint density at radius 3 is 2.61 bits per heavy atom. The smallest absolute Gasteiger partial charge is 0.360 e. The van der Waals surface area contributed by atoms with Crippen LogP contribution in [0.4, 0.5) is 18.3 Å². The van der Waals surface area contributed by atoms with E-state index in [0.717, 1.165) is 18.4 Å². The Morgan fingerprint density at radius 2 is 2.06 bits per heavy atom. The van der Waals surface area contributed by atoms with Gasteiger partial charge in [-0.25, -0.2) is 0 Å². The molecule has 2 aliphatic rings. The molecular formula is C11H14F3N3S. The average molecular weight is 277 g/mol. The number of nitrogens with zero attached hydrogens (tertiary/aromatic N) is 2. The summed E-state index contributed by atoms with van der Waals surface area (Å²) in [4.78, 5) is 0. The van der Waals surface area contributed by atoms with Crippen LogP contribution in [0, 0.1) is 17.8 Å². The summed E-state index contributed by atoms with van der Waals surface area (Å²) in [6.45, 7) is 0.730. The van der Waals surface area contributed by atoms with Crippen molar-refractivity contribution in [1.82, 2.24) is 10.2 Å². The van der Waals surface area contributed by atoms with Gasteiger partial charge in [-0.2, -0.15) is 13.2 Å². The van der Waals surface area contributed by atoms with E-state index in [4.69, 9.17) is 0 Å². The first-order valence-corrected chi connectivity index (χ1v) is 6.98. The fourth-order valence-electron chi connectivity index (χ4n) is 3.25. The van der Waals surface area contributed by atoms with Crippen molar-refractivity contribution >= 4 is 16.5 Å². The Kier molecular flexibility index (Phi) is 2.96.